The Labute approximate surface area is 239 Å². The SMILES string of the molecule is COc1cc([C@H](C(=O)NC(C)(C)C)N(Cc2ccc(C)cc2)C(=O)CNC(=O)c2cccs2)cc(OC)c1OC. The molecule has 40 heavy (non-hydrogen) atoms. The molecular weight excluding hydrogens is 530 g/mol. The van der Waals surface area contributed by atoms with Crippen molar-refractivity contribution < 1.29 is 28.6 Å². The lowest BCUT2D eigenvalue weighted by Gasteiger charge is -2.34. The van der Waals surface area contributed by atoms with Crippen LogP contribution in [0.15, 0.2) is 53.9 Å². The molecule has 2 N–H and O–H groups in total. The third-order valence-corrected chi connectivity index (χ3v) is 6.87. The van der Waals surface area contributed by atoms with Crippen molar-refractivity contribution in [3.05, 3.63) is 75.5 Å². The van der Waals surface area contributed by atoms with E-state index in [2.05, 4.69) is 10.6 Å². The van der Waals surface area contributed by atoms with Gasteiger partial charge in [0.15, 0.2) is 11.5 Å². The molecule has 10 heteroatoms. The number of hydrogen-bond donors (Lipinski definition) is 2. The summed E-state index contributed by atoms with van der Waals surface area (Å²) in [6, 6.07) is 13.4. The number of amides is 3. The Bertz CT molecular complexity index is 1290. The lowest BCUT2D eigenvalue weighted by atomic mass is 9.99. The number of methoxy groups -OCH3 is 3. The Morgan fingerprint density at radius 1 is 0.950 bits per heavy atom. The van der Waals surface area contributed by atoms with E-state index >= 15 is 0 Å². The molecule has 2 aromatic carbocycles. The number of hydrogen-bond acceptors (Lipinski definition) is 7. The fourth-order valence-electron chi connectivity index (χ4n) is 4.14. The van der Waals surface area contributed by atoms with E-state index in [1.807, 2.05) is 52.0 Å². The Hall–Kier alpha value is -4.05. The molecule has 0 unspecified atom stereocenters. The normalized spacial score (nSPS) is 11.8. The van der Waals surface area contributed by atoms with E-state index in [0.717, 1.165) is 11.1 Å². The first-order valence-electron chi connectivity index (χ1n) is 12.8. The minimum atomic E-state index is -1.08. The maximum Gasteiger partial charge on any atom is 0.261 e. The standard InChI is InChI=1S/C30H37N3O6S/c1-19-10-12-20(13-11-19)18-33(25(34)17-31-28(35)24-9-8-14-40-24)26(29(36)32-30(2,3)4)21-15-22(37-5)27(39-7)23(16-21)38-6/h8-16,26H,17-18H2,1-7H3,(H,31,35)(H,32,36)/t26-/m1/s1. The Balaban J connectivity index is 2.11. The van der Waals surface area contributed by atoms with Crippen molar-refractivity contribution in [2.75, 3.05) is 27.9 Å². The fraction of sp³-hybridized carbons (Fsp3) is 0.367. The van der Waals surface area contributed by atoms with Crippen LogP contribution in [0.25, 0.3) is 0 Å². The summed E-state index contributed by atoms with van der Waals surface area (Å²) in [5.74, 6) is -0.135. The Morgan fingerprint density at radius 3 is 2.08 bits per heavy atom. The molecule has 0 aliphatic carbocycles. The third kappa shape index (κ3) is 7.75. The molecule has 0 spiro atoms. The van der Waals surface area contributed by atoms with Gasteiger partial charge in [-0.15, -0.1) is 11.3 Å². The van der Waals surface area contributed by atoms with Crippen molar-refractivity contribution in [2.45, 2.75) is 45.8 Å². The van der Waals surface area contributed by atoms with Gasteiger partial charge in [0, 0.05) is 12.1 Å². The summed E-state index contributed by atoms with van der Waals surface area (Å²) in [6.07, 6.45) is 0. The minimum absolute atomic E-state index is 0.118. The minimum Gasteiger partial charge on any atom is -0.493 e. The molecule has 214 valence electrons. The van der Waals surface area contributed by atoms with E-state index in [-0.39, 0.29) is 19.0 Å². The van der Waals surface area contributed by atoms with E-state index in [1.165, 1.54) is 37.6 Å². The molecule has 0 bridgehead atoms. The van der Waals surface area contributed by atoms with E-state index in [1.54, 1.807) is 29.6 Å². The van der Waals surface area contributed by atoms with Crippen LogP contribution in [0.5, 0.6) is 17.2 Å². The van der Waals surface area contributed by atoms with E-state index in [4.69, 9.17) is 14.2 Å². The van der Waals surface area contributed by atoms with Crippen LogP contribution in [0.1, 0.15) is 53.2 Å². The topological polar surface area (TPSA) is 106 Å². The third-order valence-electron chi connectivity index (χ3n) is 6.00. The van der Waals surface area contributed by atoms with Gasteiger partial charge in [0.05, 0.1) is 32.8 Å². The van der Waals surface area contributed by atoms with Gasteiger partial charge in [-0.25, -0.2) is 0 Å². The summed E-state index contributed by atoms with van der Waals surface area (Å²) in [7, 11) is 4.47. The maximum atomic E-state index is 13.9. The maximum absolute atomic E-state index is 13.9. The molecular formula is C30H37N3O6S. The van der Waals surface area contributed by atoms with Crippen molar-refractivity contribution in [2.24, 2.45) is 0 Å². The van der Waals surface area contributed by atoms with Crippen LogP contribution >= 0.6 is 11.3 Å². The molecule has 9 nitrogen and oxygen atoms in total. The molecule has 1 atom stereocenters. The van der Waals surface area contributed by atoms with Crippen LogP contribution in [-0.2, 0) is 16.1 Å². The van der Waals surface area contributed by atoms with Crippen molar-refractivity contribution in [3.8, 4) is 17.2 Å². The molecule has 0 saturated heterocycles. The van der Waals surface area contributed by atoms with Crippen LogP contribution in [0.3, 0.4) is 0 Å². The van der Waals surface area contributed by atoms with Gasteiger partial charge in [-0.2, -0.15) is 0 Å². The van der Waals surface area contributed by atoms with Crippen molar-refractivity contribution in [1.82, 2.24) is 15.5 Å². The van der Waals surface area contributed by atoms with Crippen LogP contribution in [0.2, 0.25) is 0 Å². The molecule has 1 aromatic heterocycles. The number of rotatable bonds is 11. The lowest BCUT2D eigenvalue weighted by molar-refractivity contribution is -0.141. The van der Waals surface area contributed by atoms with Crippen LogP contribution in [-0.4, -0.2) is 56.0 Å². The Kier molecular flexibility index (Phi) is 10.2. The van der Waals surface area contributed by atoms with Gasteiger partial charge in [0.25, 0.3) is 5.91 Å². The second kappa shape index (κ2) is 13.3. The highest BCUT2D eigenvalue weighted by molar-refractivity contribution is 7.12. The van der Waals surface area contributed by atoms with Crippen LogP contribution < -0.4 is 24.8 Å². The second-order valence-corrected chi connectivity index (χ2v) is 11.2. The Morgan fingerprint density at radius 2 is 1.57 bits per heavy atom. The molecule has 1 heterocycles. The monoisotopic (exact) mass is 567 g/mol. The van der Waals surface area contributed by atoms with Gasteiger partial charge in [0.1, 0.15) is 6.04 Å². The van der Waals surface area contributed by atoms with Crippen LogP contribution in [0, 0.1) is 6.92 Å². The molecule has 3 amide bonds. The smallest absolute Gasteiger partial charge is 0.261 e. The number of thiophene rings is 1. The second-order valence-electron chi connectivity index (χ2n) is 10.3. The predicted molar refractivity (Wildman–Crippen MR) is 155 cm³/mol. The zero-order chi connectivity index (χ0) is 29.4. The molecule has 0 aliphatic heterocycles. The number of aryl methyl sites for hydroxylation is 1. The number of ether oxygens (including phenoxy) is 3. The molecule has 0 radical (unpaired) electrons. The van der Waals surface area contributed by atoms with E-state index < -0.39 is 23.4 Å². The summed E-state index contributed by atoms with van der Waals surface area (Å²) in [6.45, 7) is 7.39. The molecule has 3 aromatic rings. The van der Waals surface area contributed by atoms with Crippen molar-refractivity contribution >= 4 is 29.1 Å². The summed E-state index contributed by atoms with van der Waals surface area (Å²) in [5.41, 5.74) is 1.77. The average Bonchev–Trinajstić information content (AvgIpc) is 3.46. The summed E-state index contributed by atoms with van der Waals surface area (Å²) < 4.78 is 16.6. The van der Waals surface area contributed by atoms with Gasteiger partial charge >= 0.3 is 0 Å². The van der Waals surface area contributed by atoms with Gasteiger partial charge < -0.3 is 29.7 Å². The highest BCUT2D eigenvalue weighted by Gasteiger charge is 2.35. The number of nitrogens with zero attached hydrogens (tertiary/aromatic N) is 1. The molecule has 0 saturated carbocycles. The quantitative estimate of drug-likeness (QED) is 0.354. The molecule has 0 fully saturated rings. The van der Waals surface area contributed by atoms with Gasteiger partial charge in [0.2, 0.25) is 17.6 Å². The fourth-order valence-corrected chi connectivity index (χ4v) is 4.78. The highest BCUT2D eigenvalue weighted by atomic mass is 32.1. The zero-order valence-corrected chi connectivity index (χ0v) is 24.8. The van der Waals surface area contributed by atoms with E-state index in [9.17, 15) is 14.4 Å². The summed E-state index contributed by atoms with van der Waals surface area (Å²) >= 11 is 1.28. The number of benzene rings is 2. The lowest BCUT2D eigenvalue weighted by Crippen LogP contribution is -2.50. The zero-order valence-electron chi connectivity index (χ0n) is 24.0. The van der Waals surface area contributed by atoms with Crippen LogP contribution in [0.4, 0.5) is 0 Å². The first-order valence-corrected chi connectivity index (χ1v) is 13.6. The summed E-state index contributed by atoms with van der Waals surface area (Å²) in [5, 5.41) is 7.49. The summed E-state index contributed by atoms with van der Waals surface area (Å²) in [4.78, 5) is 42.4. The van der Waals surface area contributed by atoms with Gasteiger partial charge in [-0.05, 0) is 62.4 Å². The first kappa shape index (κ1) is 30.5. The predicted octanol–water partition coefficient (Wildman–Crippen LogP) is 4.50. The number of carbonyl (C=O) groups excluding carboxylic acids is 3. The molecule has 3 rings (SSSR count). The van der Waals surface area contributed by atoms with Gasteiger partial charge in [-0.3, -0.25) is 14.4 Å². The highest BCUT2D eigenvalue weighted by Crippen LogP contribution is 2.41. The average molecular weight is 568 g/mol. The first-order chi connectivity index (χ1) is 19.0. The van der Waals surface area contributed by atoms with Crippen molar-refractivity contribution in [3.63, 3.8) is 0 Å². The number of carbonyl (C=O) groups is 3. The van der Waals surface area contributed by atoms with Crippen molar-refractivity contribution in [1.29, 1.82) is 0 Å². The van der Waals surface area contributed by atoms with E-state index in [0.29, 0.717) is 27.7 Å². The largest absolute Gasteiger partial charge is 0.493 e. The number of nitrogens with one attached hydrogen (secondary N) is 2. The van der Waals surface area contributed by atoms with Gasteiger partial charge in [-0.1, -0.05) is 35.9 Å². The molecule has 0 aliphatic rings.